The Bertz CT molecular complexity index is 674. The highest BCUT2D eigenvalue weighted by molar-refractivity contribution is 5.75. The van der Waals surface area contributed by atoms with Crippen molar-refractivity contribution in [2.24, 2.45) is 0 Å². The van der Waals surface area contributed by atoms with Gasteiger partial charge < -0.3 is 20.1 Å². The molecular weight excluding hydrogens is 304 g/mol. The van der Waals surface area contributed by atoms with E-state index in [4.69, 9.17) is 9.47 Å². The number of methoxy groups -OCH3 is 2. The van der Waals surface area contributed by atoms with Crippen molar-refractivity contribution in [1.29, 1.82) is 0 Å². The highest BCUT2D eigenvalue weighted by atomic mass is 16.5. The number of carbonyl (C=O) groups excluding carboxylic acids is 1. The lowest BCUT2D eigenvalue weighted by Gasteiger charge is -2.20. The van der Waals surface area contributed by atoms with E-state index in [0.29, 0.717) is 5.75 Å². The highest BCUT2D eigenvalue weighted by Crippen LogP contribution is 2.29. The third-order valence-corrected chi connectivity index (χ3v) is 3.90. The van der Waals surface area contributed by atoms with Crippen molar-refractivity contribution < 1.29 is 14.3 Å². The van der Waals surface area contributed by atoms with Gasteiger partial charge in [-0.25, -0.2) is 4.79 Å². The molecule has 0 aliphatic carbocycles. The van der Waals surface area contributed by atoms with E-state index in [1.54, 1.807) is 14.2 Å². The van der Waals surface area contributed by atoms with Gasteiger partial charge in [0.2, 0.25) is 0 Å². The summed E-state index contributed by atoms with van der Waals surface area (Å²) in [4.78, 5) is 12.3. The molecular formula is C19H24N2O3. The summed E-state index contributed by atoms with van der Waals surface area (Å²) in [6, 6.07) is 14.8. The Labute approximate surface area is 143 Å². The van der Waals surface area contributed by atoms with Crippen molar-refractivity contribution in [2.75, 3.05) is 14.2 Å². The Hall–Kier alpha value is -2.69. The van der Waals surface area contributed by atoms with Gasteiger partial charge in [0, 0.05) is 5.56 Å². The van der Waals surface area contributed by atoms with E-state index >= 15 is 0 Å². The molecule has 0 aliphatic heterocycles. The molecule has 0 saturated carbocycles. The average Bonchev–Trinajstić information content (AvgIpc) is 2.61. The molecule has 0 aromatic heterocycles. The first-order valence-corrected chi connectivity index (χ1v) is 7.89. The van der Waals surface area contributed by atoms with Gasteiger partial charge in [-0.1, -0.05) is 30.3 Å². The van der Waals surface area contributed by atoms with Crippen LogP contribution in [0.4, 0.5) is 4.79 Å². The lowest BCUT2D eigenvalue weighted by atomic mass is 10.1. The maximum atomic E-state index is 12.3. The second kappa shape index (κ2) is 8.24. The lowest BCUT2D eigenvalue weighted by Crippen LogP contribution is -2.38. The van der Waals surface area contributed by atoms with Crippen molar-refractivity contribution in [3.05, 3.63) is 59.7 Å². The van der Waals surface area contributed by atoms with E-state index in [1.165, 1.54) is 0 Å². The van der Waals surface area contributed by atoms with Gasteiger partial charge >= 0.3 is 6.03 Å². The molecule has 2 N–H and O–H groups in total. The fourth-order valence-corrected chi connectivity index (χ4v) is 2.52. The van der Waals surface area contributed by atoms with E-state index in [9.17, 15) is 4.79 Å². The zero-order valence-electron chi connectivity index (χ0n) is 14.5. The Morgan fingerprint density at radius 2 is 1.58 bits per heavy atom. The summed E-state index contributed by atoms with van der Waals surface area (Å²) in [5, 5.41) is 5.88. The topological polar surface area (TPSA) is 59.6 Å². The summed E-state index contributed by atoms with van der Waals surface area (Å²) < 4.78 is 10.6. The van der Waals surface area contributed by atoms with Crippen LogP contribution in [-0.2, 0) is 0 Å². The van der Waals surface area contributed by atoms with E-state index in [1.807, 2.05) is 62.4 Å². The number of ether oxygens (including phenoxy) is 2. The molecule has 128 valence electrons. The third-order valence-electron chi connectivity index (χ3n) is 3.90. The number of carbonyl (C=O) groups is 1. The van der Waals surface area contributed by atoms with Gasteiger partial charge in [0.05, 0.1) is 26.3 Å². The molecule has 0 fully saturated rings. The van der Waals surface area contributed by atoms with Gasteiger partial charge in [-0.15, -0.1) is 0 Å². The van der Waals surface area contributed by atoms with Crippen molar-refractivity contribution >= 4 is 6.03 Å². The predicted molar refractivity (Wildman–Crippen MR) is 94.5 cm³/mol. The smallest absolute Gasteiger partial charge is 0.315 e. The minimum atomic E-state index is -0.233. The molecule has 24 heavy (non-hydrogen) atoms. The Kier molecular flexibility index (Phi) is 6.07. The average molecular weight is 328 g/mol. The standard InChI is InChI=1S/C19H24N2O3/c1-13(15-8-6-5-7-9-15)20-19(22)21-14(2)17-12-16(23-3)10-11-18(17)24-4/h5-14H,1-4H3,(H2,20,21,22). The van der Waals surface area contributed by atoms with Gasteiger partial charge in [0.1, 0.15) is 11.5 Å². The van der Waals surface area contributed by atoms with Crippen LogP contribution in [0.2, 0.25) is 0 Å². The largest absolute Gasteiger partial charge is 0.497 e. The van der Waals surface area contributed by atoms with E-state index in [-0.39, 0.29) is 18.1 Å². The van der Waals surface area contributed by atoms with Crippen LogP contribution >= 0.6 is 0 Å². The number of benzene rings is 2. The van der Waals surface area contributed by atoms with E-state index < -0.39 is 0 Å². The highest BCUT2D eigenvalue weighted by Gasteiger charge is 2.16. The minimum absolute atomic E-state index is 0.0781. The van der Waals surface area contributed by atoms with Crippen LogP contribution in [0.5, 0.6) is 11.5 Å². The monoisotopic (exact) mass is 328 g/mol. The number of rotatable bonds is 6. The van der Waals surface area contributed by atoms with Crippen molar-refractivity contribution in [2.45, 2.75) is 25.9 Å². The van der Waals surface area contributed by atoms with Crippen LogP contribution in [0.3, 0.4) is 0 Å². The van der Waals surface area contributed by atoms with Gasteiger partial charge in [0.25, 0.3) is 0 Å². The molecule has 0 aliphatic rings. The number of hydrogen-bond donors (Lipinski definition) is 2. The summed E-state index contributed by atoms with van der Waals surface area (Å²) >= 11 is 0. The van der Waals surface area contributed by atoms with Crippen LogP contribution in [-0.4, -0.2) is 20.3 Å². The molecule has 0 saturated heterocycles. The normalized spacial score (nSPS) is 12.8. The fourth-order valence-electron chi connectivity index (χ4n) is 2.52. The van der Waals surface area contributed by atoms with Gasteiger partial charge in [-0.05, 0) is 37.6 Å². The van der Waals surface area contributed by atoms with Crippen molar-refractivity contribution in [3.8, 4) is 11.5 Å². The van der Waals surface area contributed by atoms with E-state index in [2.05, 4.69) is 10.6 Å². The van der Waals surface area contributed by atoms with E-state index in [0.717, 1.165) is 16.9 Å². The Morgan fingerprint density at radius 3 is 2.21 bits per heavy atom. The number of urea groups is 1. The van der Waals surface area contributed by atoms with Crippen LogP contribution in [0.25, 0.3) is 0 Å². The fraction of sp³-hybridized carbons (Fsp3) is 0.316. The summed E-state index contributed by atoms with van der Waals surface area (Å²) in [6.45, 7) is 3.86. The van der Waals surface area contributed by atoms with Crippen molar-refractivity contribution in [3.63, 3.8) is 0 Å². The molecule has 5 nitrogen and oxygen atoms in total. The summed E-state index contributed by atoms with van der Waals surface area (Å²) in [5.41, 5.74) is 1.92. The SMILES string of the molecule is COc1ccc(OC)c(C(C)NC(=O)NC(C)c2ccccc2)c1. The van der Waals surface area contributed by atoms with Gasteiger partial charge in [-0.3, -0.25) is 0 Å². The van der Waals surface area contributed by atoms with Crippen LogP contribution in [0.1, 0.15) is 37.1 Å². The molecule has 0 radical (unpaired) electrons. The van der Waals surface area contributed by atoms with Crippen molar-refractivity contribution in [1.82, 2.24) is 10.6 Å². The first kappa shape index (κ1) is 17.7. The number of amides is 2. The molecule has 5 heteroatoms. The predicted octanol–water partition coefficient (Wildman–Crippen LogP) is 3.83. The molecule has 2 amide bonds. The first-order valence-electron chi connectivity index (χ1n) is 7.89. The second-order valence-electron chi connectivity index (χ2n) is 5.58. The molecule has 2 atom stereocenters. The second-order valence-corrected chi connectivity index (χ2v) is 5.58. The van der Waals surface area contributed by atoms with Gasteiger partial charge in [-0.2, -0.15) is 0 Å². The first-order chi connectivity index (χ1) is 11.5. The van der Waals surface area contributed by atoms with Crippen LogP contribution in [0.15, 0.2) is 48.5 Å². The molecule has 2 unspecified atom stereocenters. The zero-order valence-corrected chi connectivity index (χ0v) is 14.5. The third kappa shape index (κ3) is 4.41. The lowest BCUT2D eigenvalue weighted by molar-refractivity contribution is 0.234. The molecule has 0 heterocycles. The maximum Gasteiger partial charge on any atom is 0.315 e. The maximum absolute atomic E-state index is 12.3. The molecule has 2 aromatic rings. The molecule has 2 rings (SSSR count). The zero-order chi connectivity index (χ0) is 17.5. The quantitative estimate of drug-likeness (QED) is 0.847. The molecule has 2 aromatic carbocycles. The van der Waals surface area contributed by atoms with Crippen LogP contribution in [0, 0.1) is 0 Å². The minimum Gasteiger partial charge on any atom is -0.497 e. The summed E-state index contributed by atoms with van der Waals surface area (Å²) in [7, 11) is 3.22. The Balaban J connectivity index is 2.03. The Morgan fingerprint density at radius 1 is 0.917 bits per heavy atom. The summed E-state index contributed by atoms with van der Waals surface area (Å²) in [5.74, 6) is 1.43. The molecule has 0 spiro atoms. The number of hydrogen-bond acceptors (Lipinski definition) is 3. The van der Waals surface area contributed by atoms with Gasteiger partial charge in [0.15, 0.2) is 0 Å². The van der Waals surface area contributed by atoms with Crippen LogP contribution < -0.4 is 20.1 Å². The summed E-state index contributed by atoms with van der Waals surface area (Å²) in [6.07, 6.45) is 0. The number of nitrogens with one attached hydrogen (secondary N) is 2. The molecule has 0 bridgehead atoms.